The van der Waals surface area contributed by atoms with Crippen molar-refractivity contribution < 1.29 is 14.7 Å². The van der Waals surface area contributed by atoms with Crippen molar-refractivity contribution in [1.29, 1.82) is 0 Å². The Labute approximate surface area is 131 Å². The van der Waals surface area contributed by atoms with E-state index < -0.39 is 11.9 Å². The minimum Gasteiger partial charge on any atom is -0.481 e. The maximum absolute atomic E-state index is 12.7. The van der Waals surface area contributed by atoms with Crippen LogP contribution in [0.3, 0.4) is 0 Å². The minimum atomic E-state index is -0.820. The van der Waals surface area contributed by atoms with Crippen molar-refractivity contribution in [1.82, 2.24) is 14.7 Å². The molecular weight excluding hydrogens is 282 g/mol. The highest BCUT2D eigenvalue weighted by Gasteiger charge is 2.33. The van der Waals surface area contributed by atoms with Crippen LogP contribution in [-0.2, 0) is 11.3 Å². The van der Waals surface area contributed by atoms with E-state index in [4.69, 9.17) is 0 Å². The predicted molar refractivity (Wildman–Crippen MR) is 82.7 cm³/mol. The highest BCUT2D eigenvalue weighted by molar-refractivity contribution is 5.95. The van der Waals surface area contributed by atoms with Crippen molar-refractivity contribution in [2.75, 3.05) is 13.1 Å². The second kappa shape index (κ2) is 6.94. The topological polar surface area (TPSA) is 75.4 Å². The number of aromatic nitrogens is 2. The lowest BCUT2D eigenvalue weighted by molar-refractivity contribution is -0.143. The molecule has 1 fully saturated rings. The number of aryl methyl sites for hydroxylation is 1. The lowest BCUT2D eigenvalue weighted by atomic mass is 9.90. The van der Waals surface area contributed by atoms with Crippen LogP contribution in [-0.4, -0.2) is 44.8 Å². The van der Waals surface area contributed by atoms with E-state index in [2.05, 4.69) is 12.0 Å². The molecule has 2 atom stereocenters. The maximum Gasteiger partial charge on any atom is 0.308 e. The highest BCUT2D eigenvalue weighted by atomic mass is 16.4. The van der Waals surface area contributed by atoms with Gasteiger partial charge in [-0.2, -0.15) is 5.10 Å². The first-order chi connectivity index (χ1) is 10.4. The highest BCUT2D eigenvalue weighted by Crippen LogP contribution is 2.24. The van der Waals surface area contributed by atoms with Gasteiger partial charge >= 0.3 is 5.97 Å². The van der Waals surface area contributed by atoms with Gasteiger partial charge in [-0.3, -0.25) is 14.3 Å². The first kappa shape index (κ1) is 16.5. The van der Waals surface area contributed by atoms with Crippen LogP contribution >= 0.6 is 0 Å². The van der Waals surface area contributed by atoms with Gasteiger partial charge in [0.05, 0.1) is 17.7 Å². The van der Waals surface area contributed by atoms with Crippen LogP contribution in [0.25, 0.3) is 0 Å². The molecule has 1 aromatic rings. The summed E-state index contributed by atoms with van der Waals surface area (Å²) in [5, 5.41) is 13.5. The van der Waals surface area contributed by atoms with E-state index >= 15 is 0 Å². The SMILES string of the molecule is CCCCn1ncc(C(=O)N2CC(C)CC(C(=O)O)C2)c1C. The predicted octanol–water partition coefficient (Wildman–Crippen LogP) is 2.17. The molecule has 22 heavy (non-hydrogen) atoms. The van der Waals surface area contributed by atoms with E-state index in [1.807, 2.05) is 18.5 Å². The van der Waals surface area contributed by atoms with E-state index in [-0.39, 0.29) is 18.4 Å². The molecule has 1 aromatic heterocycles. The smallest absolute Gasteiger partial charge is 0.308 e. The molecule has 1 N–H and O–H groups in total. The van der Waals surface area contributed by atoms with Crippen LogP contribution in [0.4, 0.5) is 0 Å². The fourth-order valence-electron chi connectivity index (χ4n) is 3.06. The summed E-state index contributed by atoms with van der Waals surface area (Å²) < 4.78 is 1.86. The second-order valence-electron chi connectivity index (χ2n) is 6.31. The number of aliphatic carboxylic acids is 1. The molecule has 1 aliphatic rings. The number of piperidine rings is 1. The van der Waals surface area contributed by atoms with Crippen molar-refractivity contribution in [2.24, 2.45) is 11.8 Å². The Kier molecular flexibility index (Phi) is 5.21. The van der Waals surface area contributed by atoms with Crippen molar-refractivity contribution in [3.8, 4) is 0 Å². The molecule has 1 aliphatic heterocycles. The Hall–Kier alpha value is -1.85. The monoisotopic (exact) mass is 307 g/mol. The second-order valence-corrected chi connectivity index (χ2v) is 6.31. The minimum absolute atomic E-state index is 0.0990. The number of carboxylic acid groups (broad SMARTS) is 1. The molecule has 0 radical (unpaired) electrons. The molecule has 6 heteroatoms. The van der Waals surface area contributed by atoms with E-state index in [1.54, 1.807) is 11.1 Å². The Morgan fingerprint density at radius 3 is 2.77 bits per heavy atom. The molecule has 0 spiro atoms. The van der Waals surface area contributed by atoms with E-state index in [0.717, 1.165) is 25.1 Å². The van der Waals surface area contributed by atoms with Gasteiger partial charge in [-0.15, -0.1) is 0 Å². The van der Waals surface area contributed by atoms with Gasteiger partial charge < -0.3 is 10.0 Å². The van der Waals surface area contributed by atoms with Crippen LogP contribution in [0.5, 0.6) is 0 Å². The standard InChI is InChI=1S/C16H25N3O3/c1-4-5-6-19-12(3)14(8-17-19)15(20)18-9-11(2)7-13(10-18)16(21)22/h8,11,13H,4-7,9-10H2,1-3H3,(H,21,22). The third-order valence-corrected chi connectivity index (χ3v) is 4.35. The third kappa shape index (κ3) is 3.48. The van der Waals surface area contributed by atoms with Crippen molar-refractivity contribution in [3.63, 3.8) is 0 Å². The van der Waals surface area contributed by atoms with Crippen LogP contribution in [0.15, 0.2) is 6.20 Å². The van der Waals surface area contributed by atoms with Gasteiger partial charge in [-0.1, -0.05) is 20.3 Å². The summed E-state index contributed by atoms with van der Waals surface area (Å²) in [5.74, 6) is -1.19. The average molecular weight is 307 g/mol. The number of hydrogen-bond donors (Lipinski definition) is 1. The van der Waals surface area contributed by atoms with Crippen molar-refractivity contribution >= 4 is 11.9 Å². The maximum atomic E-state index is 12.7. The number of likely N-dealkylation sites (tertiary alicyclic amines) is 1. The lowest BCUT2D eigenvalue weighted by Crippen LogP contribution is -2.45. The number of rotatable bonds is 5. The van der Waals surface area contributed by atoms with Crippen LogP contribution in [0.2, 0.25) is 0 Å². The molecule has 2 unspecified atom stereocenters. The number of amides is 1. The molecule has 122 valence electrons. The molecule has 0 aliphatic carbocycles. The molecule has 0 saturated carbocycles. The Balaban J connectivity index is 2.13. The van der Waals surface area contributed by atoms with Gasteiger partial charge in [-0.25, -0.2) is 0 Å². The van der Waals surface area contributed by atoms with Crippen molar-refractivity contribution in [2.45, 2.75) is 46.6 Å². The summed E-state index contributed by atoms with van der Waals surface area (Å²) in [5.41, 5.74) is 1.46. The fraction of sp³-hybridized carbons (Fsp3) is 0.688. The zero-order valence-corrected chi connectivity index (χ0v) is 13.6. The molecule has 6 nitrogen and oxygen atoms in total. The normalized spacial score (nSPS) is 21.9. The van der Waals surface area contributed by atoms with Crippen LogP contribution < -0.4 is 0 Å². The zero-order valence-electron chi connectivity index (χ0n) is 13.6. The van der Waals surface area contributed by atoms with Gasteiger partial charge in [0.2, 0.25) is 0 Å². The number of unbranched alkanes of at least 4 members (excludes halogenated alkanes) is 1. The fourth-order valence-corrected chi connectivity index (χ4v) is 3.06. The van der Waals surface area contributed by atoms with Crippen molar-refractivity contribution in [3.05, 3.63) is 17.5 Å². The average Bonchev–Trinajstić information content (AvgIpc) is 2.84. The number of hydrogen-bond acceptors (Lipinski definition) is 3. The first-order valence-corrected chi connectivity index (χ1v) is 7.98. The molecule has 1 amide bonds. The summed E-state index contributed by atoms with van der Waals surface area (Å²) in [6.07, 6.45) is 4.35. The Morgan fingerprint density at radius 1 is 1.41 bits per heavy atom. The number of nitrogens with zero attached hydrogens (tertiary/aromatic N) is 3. The summed E-state index contributed by atoms with van der Waals surface area (Å²) >= 11 is 0. The van der Waals surface area contributed by atoms with Gasteiger partial charge in [0.15, 0.2) is 0 Å². The summed E-state index contributed by atoms with van der Waals surface area (Å²) in [7, 11) is 0. The first-order valence-electron chi connectivity index (χ1n) is 7.98. The molecule has 0 aromatic carbocycles. The Bertz CT molecular complexity index is 553. The third-order valence-electron chi connectivity index (χ3n) is 4.35. The lowest BCUT2D eigenvalue weighted by Gasteiger charge is -2.34. The largest absolute Gasteiger partial charge is 0.481 e. The number of carbonyl (C=O) groups is 2. The van der Waals surface area contributed by atoms with E-state index in [1.165, 1.54) is 0 Å². The quantitative estimate of drug-likeness (QED) is 0.904. The number of carbonyl (C=O) groups excluding carboxylic acids is 1. The van der Waals surface area contributed by atoms with Gasteiger partial charge in [0.1, 0.15) is 0 Å². The van der Waals surface area contributed by atoms with Crippen LogP contribution in [0.1, 0.15) is 49.2 Å². The van der Waals surface area contributed by atoms with Gasteiger partial charge in [0.25, 0.3) is 5.91 Å². The molecule has 2 rings (SSSR count). The van der Waals surface area contributed by atoms with E-state index in [0.29, 0.717) is 18.5 Å². The summed E-state index contributed by atoms with van der Waals surface area (Å²) in [4.78, 5) is 25.6. The number of carboxylic acids is 1. The zero-order chi connectivity index (χ0) is 16.3. The summed E-state index contributed by atoms with van der Waals surface area (Å²) in [6.45, 7) is 7.72. The van der Waals surface area contributed by atoms with E-state index in [9.17, 15) is 14.7 Å². The van der Waals surface area contributed by atoms with Crippen LogP contribution in [0, 0.1) is 18.8 Å². The van der Waals surface area contributed by atoms with Gasteiger partial charge in [-0.05, 0) is 25.7 Å². The molecule has 0 bridgehead atoms. The molecular formula is C16H25N3O3. The molecule has 1 saturated heterocycles. The Morgan fingerprint density at radius 2 is 2.14 bits per heavy atom. The molecule has 2 heterocycles. The van der Waals surface area contributed by atoms with Gasteiger partial charge in [0, 0.05) is 25.3 Å². The summed E-state index contributed by atoms with van der Waals surface area (Å²) in [6, 6.07) is 0.